The molecule has 1 saturated heterocycles. The van der Waals surface area contributed by atoms with Crippen LogP contribution in [-0.2, 0) is 4.79 Å². The molecule has 2 atom stereocenters. The van der Waals surface area contributed by atoms with Gasteiger partial charge in [-0.05, 0) is 44.0 Å². The monoisotopic (exact) mass is 340 g/mol. The fourth-order valence-electron chi connectivity index (χ4n) is 3.05. The zero-order valence-electron chi connectivity index (χ0n) is 13.7. The highest BCUT2D eigenvalue weighted by molar-refractivity contribution is 6.32. The molecule has 1 aromatic rings. The summed E-state index contributed by atoms with van der Waals surface area (Å²) in [4.78, 5) is 14.4. The molecule has 0 bridgehead atoms. The van der Waals surface area contributed by atoms with E-state index < -0.39 is 0 Å². The highest BCUT2D eigenvalue weighted by atomic mass is 35.5. The second-order valence-corrected chi connectivity index (χ2v) is 6.31. The van der Waals surface area contributed by atoms with Gasteiger partial charge in [0.25, 0.3) is 0 Å². The van der Waals surface area contributed by atoms with Gasteiger partial charge < -0.3 is 15.2 Å². The van der Waals surface area contributed by atoms with Gasteiger partial charge in [0.05, 0.1) is 24.8 Å². The summed E-state index contributed by atoms with van der Waals surface area (Å²) in [5.74, 6) is 0.480. The van der Waals surface area contributed by atoms with E-state index in [1.165, 1.54) is 0 Å². The highest BCUT2D eigenvalue weighted by Gasteiger charge is 2.28. The van der Waals surface area contributed by atoms with Crippen molar-refractivity contribution in [3.05, 3.63) is 23.2 Å². The number of anilines is 1. The Hall–Kier alpha value is -1.30. The minimum absolute atomic E-state index is 0.0685. The number of rotatable bonds is 6. The number of carbonyl (C=O) groups is 1. The molecule has 1 aliphatic rings. The molecule has 128 valence electrons. The number of hydrogen-bond donors (Lipinski definition) is 2. The quantitative estimate of drug-likeness (QED) is 0.836. The first kappa shape index (κ1) is 18.0. The van der Waals surface area contributed by atoms with Gasteiger partial charge in [-0.2, -0.15) is 0 Å². The van der Waals surface area contributed by atoms with Crippen LogP contribution in [0.1, 0.15) is 32.6 Å². The van der Waals surface area contributed by atoms with Gasteiger partial charge in [0.2, 0.25) is 5.91 Å². The van der Waals surface area contributed by atoms with Crippen molar-refractivity contribution in [2.24, 2.45) is 0 Å². The lowest BCUT2D eigenvalue weighted by Crippen LogP contribution is -2.49. The number of aliphatic hydroxyl groups is 1. The molecule has 0 aromatic heterocycles. The number of amides is 1. The van der Waals surface area contributed by atoms with Crippen LogP contribution < -0.4 is 10.1 Å². The summed E-state index contributed by atoms with van der Waals surface area (Å²) < 4.78 is 5.10. The molecule has 2 unspecified atom stereocenters. The van der Waals surface area contributed by atoms with Crippen LogP contribution in [0.3, 0.4) is 0 Å². The van der Waals surface area contributed by atoms with E-state index in [0.29, 0.717) is 22.9 Å². The van der Waals surface area contributed by atoms with Gasteiger partial charge in [-0.1, -0.05) is 24.9 Å². The first-order valence-electron chi connectivity index (χ1n) is 8.10. The highest BCUT2D eigenvalue weighted by Crippen LogP contribution is 2.27. The van der Waals surface area contributed by atoms with E-state index in [-0.39, 0.29) is 24.6 Å². The standard InChI is InChI=1S/C17H25ClN2O3/c1-3-15(21)14-6-4-5-9-20(14)11-17(22)19-12-7-8-16(23-2)13(18)10-12/h7-8,10,14-15,21H,3-6,9,11H2,1-2H3,(H,19,22). The minimum Gasteiger partial charge on any atom is -0.495 e. The first-order valence-corrected chi connectivity index (χ1v) is 8.48. The van der Waals surface area contributed by atoms with Gasteiger partial charge in [0, 0.05) is 11.7 Å². The SMILES string of the molecule is CCC(O)C1CCCCN1CC(=O)Nc1ccc(OC)c(Cl)c1. The van der Waals surface area contributed by atoms with E-state index in [1.807, 2.05) is 6.92 Å². The van der Waals surface area contributed by atoms with Crippen LogP contribution in [0.25, 0.3) is 0 Å². The lowest BCUT2D eigenvalue weighted by molar-refractivity contribution is -0.119. The van der Waals surface area contributed by atoms with Crippen LogP contribution in [0, 0.1) is 0 Å². The molecule has 1 amide bonds. The number of likely N-dealkylation sites (tertiary alicyclic amines) is 1. The molecule has 1 heterocycles. The van der Waals surface area contributed by atoms with E-state index >= 15 is 0 Å². The Bertz CT molecular complexity index is 539. The number of benzene rings is 1. The number of nitrogens with one attached hydrogen (secondary N) is 1. The number of halogens is 1. The van der Waals surface area contributed by atoms with Gasteiger partial charge in [-0.25, -0.2) is 0 Å². The Morgan fingerprint density at radius 1 is 1.52 bits per heavy atom. The summed E-state index contributed by atoms with van der Waals surface area (Å²) in [5, 5.41) is 13.5. The second-order valence-electron chi connectivity index (χ2n) is 5.91. The zero-order chi connectivity index (χ0) is 16.8. The van der Waals surface area contributed by atoms with Gasteiger partial charge in [0.15, 0.2) is 0 Å². The maximum Gasteiger partial charge on any atom is 0.238 e. The molecule has 1 aliphatic heterocycles. The number of hydrogen-bond acceptors (Lipinski definition) is 4. The van der Waals surface area contributed by atoms with E-state index in [2.05, 4.69) is 10.2 Å². The van der Waals surface area contributed by atoms with Gasteiger partial charge in [-0.15, -0.1) is 0 Å². The van der Waals surface area contributed by atoms with Crippen molar-refractivity contribution >= 4 is 23.2 Å². The number of aliphatic hydroxyl groups excluding tert-OH is 1. The van der Waals surface area contributed by atoms with Crippen molar-refractivity contribution in [3.63, 3.8) is 0 Å². The average Bonchev–Trinajstić information content (AvgIpc) is 2.54. The summed E-state index contributed by atoms with van der Waals surface area (Å²) in [6, 6.07) is 5.23. The molecule has 1 fully saturated rings. The van der Waals surface area contributed by atoms with Gasteiger partial charge in [-0.3, -0.25) is 9.69 Å². The lowest BCUT2D eigenvalue weighted by atomic mass is 9.96. The molecule has 0 radical (unpaired) electrons. The summed E-state index contributed by atoms with van der Waals surface area (Å²) in [6.45, 7) is 3.10. The number of ether oxygens (including phenoxy) is 1. The predicted molar refractivity (Wildman–Crippen MR) is 92.1 cm³/mol. The summed E-state index contributed by atoms with van der Waals surface area (Å²) in [7, 11) is 1.55. The van der Waals surface area contributed by atoms with Gasteiger partial charge >= 0.3 is 0 Å². The number of piperidine rings is 1. The Labute approximate surface area is 142 Å². The Morgan fingerprint density at radius 3 is 2.96 bits per heavy atom. The fraction of sp³-hybridized carbons (Fsp3) is 0.588. The molecular weight excluding hydrogens is 316 g/mol. The van der Waals surface area contributed by atoms with Crippen LogP contribution in [-0.4, -0.2) is 48.3 Å². The van der Waals surface area contributed by atoms with Crippen LogP contribution >= 0.6 is 11.6 Å². The Balaban J connectivity index is 1.96. The molecule has 6 heteroatoms. The largest absolute Gasteiger partial charge is 0.495 e. The molecule has 2 rings (SSSR count). The molecule has 0 spiro atoms. The van der Waals surface area contributed by atoms with Crippen molar-refractivity contribution in [1.82, 2.24) is 4.90 Å². The molecule has 5 nitrogen and oxygen atoms in total. The Kier molecular flexibility index (Phi) is 6.69. The number of carbonyl (C=O) groups excluding carboxylic acids is 1. The zero-order valence-corrected chi connectivity index (χ0v) is 14.5. The third-order valence-corrected chi connectivity index (χ3v) is 4.60. The third-order valence-electron chi connectivity index (χ3n) is 4.31. The van der Waals surface area contributed by atoms with Crippen molar-refractivity contribution in [3.8, 4) is 5.75 Å². The summed E-state index contributed by atoms with van der Waals surface area (Å²) >= 11 is 6.07. The second kappa shape index (κ2) is 8.52. The molecular formula is C17H25ClN2O3. The smallest absolute Gasteiger partial charge is 0.238 e. The van der Waals surface area contributed by atoms with Crippen LogP contribution in [0.15, 0.2) is 18.2 Å². The van der Waals surface area contributed by atoms with Crippen molar-refractivity contribution in [2.45, 2.75) is 44.8 Å². The van der Waals surface area contributed by atoms with E-state index in [9.17, 15) is 9.90 Å². The number of nitrogens with zero attached hydrogens (tertiary/aromatic N) is 1. The van der Waals surface area contributed by atoms with Crippen LogP contribution in [0.2, 0.25) is 5.02 Å². The maximum absolute atomic E-state index is 12.3. The Morgan fingerprint density at radius 2 is 2.30 bits per heavy atom. The van der Waals surface area contributed by atoms with Crippen molar-refractivity contribution < 1.29 is 14.6 Å². The van der Waals surface area contributed by atoms with E-state index in [4.69, 9.17) is 16.3 Å². The maximum atomic E-state index is 12.3. The molecule has 0 saturated carbocycles. The predicted octanol–water partition coefficient (Wildman–Crippen LogP) is 2.91. The van der Waals surface area contributed by atoms with E-state index in [0.717, 1.165) is 25.8 Å². The topological polar surface area (TPSA) is 61.8 Å². The van der Waals surface area contributed by atoms with Crippen LogP contribution in [0.5, 0.6) is 5.75 Å². The average molecular weight is 341 g/mol. The molecule has 2 N–H and O–H groups in total. The summed E-state index contributed by atoms with van der Waals surface area (Å²) in [5.41, 5.74) is 0.644. The normalized spacial score (nSPS) is 20.1. The molecule has 23 heavy (non-hydrogen) atoms. The summed E-state index contributed by atoms with van der Waals surface area (Å²) in [6.07, 6.45) is 3.44. The third kappa shape index (κ3) is 4.83. The van der Waals surface area contributed by atoms with Crippen LogP contribution in [0.4, 0.5) is 5.69 Å². The first-order chi connectivity index (χ1) is 11.0. The minimum atomic E-state index is -0.376. The lowest BCUT2D eigenvalue weighted by Gasteiger charge is -2.37. The van der Waals surface area contributed by atoms with Crippen molar-refractivity contribution in [1.29, 1.82) is 0 Å². The van der Waals surface area contributed by atoms with Gasteiger partial charge in [0.1, 0.15) is 5.75 Å². The molecule has 1 aromatic carbocycles. The fourth-order valence-corrected chi connectivity index (χ4v) is 3.31. The van der Waals surface area contributed by atoms with E-state index in [1.54, 1.807) is 25.3 Å². The van der Waals surface area contributed by atoms with Crippen molar-refractivity contribution in [2.75, 3.05) is 25.5 Å². The number of methoxy groups -OCH3 is 1. The molecule has 0 aliphatic carbocycles.